The van der Waals surface area contributed by atoms with Crippen LogP contribution >= 0.6 is 0 Å². The van der Waals surface area contributed by atoms with Crippen LogP contribution in [0.4, 0.5) is 27.2 Å². The summed E-state index contributed by atoms with van der Waals surface area (Å²) in [6.45, 7) is 20.6. The van der Waals surface area contributed by atoms with Crippen LogP contribution in [0.2, 0.25) is 0 Å². The molecule has 0 fully saturated rings. The van der Waals surface area contributed by atoms with Crippen LogP contribution in [0.1, 0.15) is 120 Å². The summed E-state index contributed by atoms with van der Waals surface area (Å²) in [4.78, 5) is 75.9. The summed E-state index contributed by atoms with van der Waals surface area (Å²) in [5, 5.41) is 23.2. The Bertz CT molecular complexity index is 2500. The molecule has 0 spiro atoms. The number of hydrogen-bond acceptors (Lipinski definition) is 16. The molecule has 2 atom stereocenters. The van der Waals surface area contributed by atoms with E-state index in [0.717, 1.165) is 24.9 Å². The van der Waals surface area contributed by atoms with E-state index in [2.05, 4.69) is 94.4 Å². The first-order valence-electron chi connectivity index (χ1n) is 26.5. The van der Waals surface area contributed by atoms with Gasteiger partial charge >= 0.3 is 259 Å². The Kier molecular flexibility index (Phi) is 52.9. The van der Waals surface area contributed by atoms with Crippen molar-refractivity contribution in [1.82, 2.24) is 55.5 Å². The third kappa shape index (κ3) is 36.2. The van der Waals surface area contributed by atoms with Crippen molar-refractivity contribution in [3.05, 3.63) is 47.8 Å². The zero-order chi connectivity index (χ0) is 57.9. The van der Waals surface area contributed by atoms with E-state index in [4.69, 9.17) is 14.3 Å². The van der Waals surface area contributed by atoms with Crippen LogP contribution in [-0.2, 0) is 19.1 Å². The molecule has 0 bridgehead atoms. The van der Waals surface area contributed by atoms with Gasteiger partial charge in [-0.2, -0.15) is 9.97 Å². The number of fused-ring (bicyclic) bond motifs is 1. The second-order valence-corrected chi connectivity index (χ2v) is 17.9. The first-order valence-corrected chi connectivity index (χ1v) is 74.5. The normalized spacial score (nSPS) is 10.9. The van der Waals surface area contributed by atoms with Gasteiger partial charge in [0.2, 0.25) is 17.8 Å². The molecule has 1 aromatic carbocycles. The van der Waals surface area contributed by atoms with Gasteiger partial charge in [-0.25, -0.2) is 19.6 Å². The van der Waals surface area contributed by atoms with Crippen molar-refractivity contribution in [3.63, 3.8) is 0 Å². The predicted molar refractivity (Wildman–Crippen MR) is 306 cm³/mol. The van der Waals surface area contributed by atoms with Crippen molar-refractivity contribution in [3.8, 4) is 29.7 Å². The van der Waals surface area contributed by atoms with Gasteiger partial charge in [-0.05, 0) is 98.4 Å². The molecule has 3 aromatic heterocycles. The average Bonchev–Trinajstić information content (AvgIpc) is 3.81. The Morgan fingerprint density at radius 3 is 1.58 bits per heavy atom. The van der Waals surface area contributed by atoms with Crippen LogP contribution in [0, 0.1) is 23.7 Å². The van der Waals surface area contributed by atoms with E-state index < -0.39 is 35.5 Å². The summed E-state index contributed by atoms with van der Waals surface area (Å²) in [5.74, 6) is 13.7. The molecule has 4 rings (SSSR count). The summed E-state index contributed by atoms with van der Waals surface area (Å²) >= 11 is 7.50. The molecule has 4 aromatic rings. The van der Waals surface area contributed by atoms with Crippen molar-refractivity contribution in [2.75, 3.05) is 63.3 Å². The van der Waals surface area contributed by atoms with Crippen molar-refractivity contribution >= 4 is 242 Å². The molecule has 0 saturated heterocycles. The molecule has 28 heteroatoms. The molecule has 0 aliphatic heterocycles. The number of benzene rings is 1. The number of anilines is 3. The molecule has 0 saturated carbocycles. The average molecular weight is 1240 g/mol. The molecular weight excluding hydrogens is 1170 g/mol. The van der Waals surface area contributed by atoms with E-state index in [-0.39, 0.29) is 70.6 Å². The Morgan fingerprint density at radius 2 is 1.14 bits per heavy atom. The van der Waals surface area contributed by atoms with E-state index >= 15 is 0 Å². The van der Waals surface area contributed by atoms with E-state index in [1.54, 1.807) is 88.9 Å². The zero-order valence-electron chi connectivity index (χ0n) is 51.1. The van der Waals surface area contributed by atoms with Crippen molar-refractivity contribution in [1.29, 1.82) is 0 Å². The topological polar surface area (TPSA) is 245 Å². The first kappa shape index (κ1) is 83.1. The second kappa shape index (κ2) is 49.0. The van der Waals surface area contributed by atoms with Gasteiger partial charge in [-0.3, -0.25) is 19.4 Å². The number of likely N-dealkylation sites (N-methyl/N-ethyl adjacent to an activating group) is 2. The molecular formula is C49H73K7N14O7. The molecule has 0 aliphatic carbocycles. The molecule has 3 heterocycles. The summed E-state index contributed by atoms with van der Waals surface area (Å²) in [6, 6.07) is 6.25. The fourth-order valence-corrected chi connectivity index (χ4v) is 5.57. The fourth-order valence-electron chi connectivity index (χ4n) is 5.57. The van der Waals surface area contributed by atoms with E-state index in [0.29, 0.717) is 79.5 Å². The summed E-state index contributed by atoms with van der Waals surface area (Å²) < 4.78 is 10.6. The van der Waals surface area contributed by atoms with Crippen LogP contribution in [-0.4, -0.2) is 329 Å². The van der Waals surface area contributed by atoms with Crippen molar-refractivity contribution in [2.24, 2.45) is 0 Å². The van der Waals surface area contributed by atoms with Gasteiger partial charge in [0, 0.05) is 60.2 Å². The number of nitrogens with zero attached hydrogens (tertiary/aromatic N) is 9. The van der Waals surface area contributed by atoms with Gasteiger partial charge < -0.3 is 42.3 Å². The Morgan fingerprint density at radius 1 is 0.701 bits per heavy atom. The molecule has 4 amide bonds. The summed E-state index contributed by atoms with van der Waals surface area (Å²) in [6.07, 6.45) is 6.59. The molecule has 0 aliphatic rings. The maximum absolute atomic E-state index is 12.4. The van der Waals surface area contributed by atoms with E-state index in [9.17, 15) is 19.2 Å². The van der Waals surface area contributed by atoms with Gasteiger partial charge in [0.15, 0.2) is 0 Å². The maximum atomic E-state index is 12.4. The van der Waals surface area contributed by atoms with Gasteiger partial charge in [0.1, 0.15) is 46.0 Å². The number of hydrogen-bond donors (Lipinski definition) is 5. The van der Waals surface area contributed by atoms with Crippen molar-refractivity contribution in [2.45, 2.75) is 131 Å². The summed E-state index contributed by atoms with van der Waals surface area (Å²) in [7, 11) is 4.86. The molecule has 77 heavy (non-hydrogen) atoms. The minimum absolute atomic E-state index is 0. The SMILES string of the molecule is CCCNc1nc(NC)ncc1C#CCCCNC(=O)[C@H](C)N(C)C(=O)OC(C)(C)C.CCCNc1nc(On2nnc3ccccc32)ncc1C#CCCCNC(=O)[C@H](C)N(C)C(=O)OC(C)(C)C.[H-].[K+].[K][K].[K][K].[K][K]. The van der Waals surface area contributed by atoms with Crippen LogP contribution in [0.15, 0.2) is 36.7 Å². The monoisotopic (exact) mass is 1240 g/mol. The van der Waals surface area contributed by atoms with Crippen LogP contribution in [0.5, 0.6) is 6.01 Å². The van der Waals surface area contributed by atoms with E-state index in [1.807, 2.05) is 24.3 Å². The second-order valence-electron chi connectivity index (χ2n) is 17.9. The number of para-hydroxylation sites is 1. The summed E-state index contributed by atoms with van der Waals surface area (Å²) in [5.41, 5.74) is 1.54. The first-order chi connectivity index (χ1) is 36.2. The molecule has 0 unspecified atom stereocenters. The number of rotatable bonds is 19. The molecule has 388 valence electrons. The Labute approximate surface area is 637 Å². The number of carbonyl (C=O) groups excluding carboxylic acids is 4. The predicted octanol–water partition coefficient (Wildman–Crippen LogP) is 1.06. The third-order valence-electron chi connectivity index (χ3n) is 9.64. The molecule has 21 nitrogen and oxygen atoms in total. The Balaban J connectivity index is -0.00000131. The molecule has 5 N–H and O–H groups in total. The number of aromatic nitrogens is 7. The fraction of sp³-hybridized carbons (Fsp3) is 0.551. The van der Waals surface area contributed by atoms with Crippen LogP contribution < -0.4 is 82.8 Å². The van der Waals surface area contributed by atoms with Gasteiger partial charge in [0.25, 0.3) is 0 Å². The number of carbonyl (C=O) groups is 4. The van der Waals surface area contributed by atoms with Gasteiger partial charge in [0.05, 0.1) is 23.5 Å². The number of ether oxygens (including phenoxy) is 2. The standard InChI is InChI=1S/C27H36N8O4.C22H36N6O3.7K.H/c1-7-16-28-23-20(18-30-25(31-23)39-35-22-15-11-10-14-21(22)32-33-35)13-9-8-12-17-29-24(36)19(2)34(6)26(37)38-27(3,4)5;1-8-13-24-18-17(15-26-20(23-6)27-18)12-10-9-11-14-25-19(29)16(2)28(7)21(30)31-22(3,4)5;;;;;;;;/h10-11,14-15,18-19H,7-8,12,16-17H2,1-6H3,(H,29,36)(H,28,30,31);15-16H,8-9,11,13-14H2,1-7H3,(H,25,29)(H2,23,24,26,27);;;;;;;;/q;;;;;;;;+1;-1/t19-;16-;;;;;;;;/m00......../s1. The van der Waals surface area contributed by atoms with Crippen LogP contribution in [0.25, 0.3) is 11.0 Å². The van der Waals surface area contributed by atoms with E-state index in [1.165, 1.54) is 204 Å². The number of nitrogens with one attached hydrogen (secondary N) is 5. The van der Waals surface area contributed by atoms with Crippen LogP contribution in [0.3, 0.4) is 0 Å². The minimum atomic E-state index is -0.661. The van der Waals surface area contributed by atoms with Crippen molar-refractivity contribution < 1.29 is 86.3 Å². The zero-order valence-corrected chi connectivity index (χ0v) is 71.9. The number of amides is 4. The van der Waals surface area contributed by atoms with Gasteiger partial charge in [-0.15, -0.1) is 5.10 Å². The van der Waals surface area contributed by atoms with Gasteiger partial charge in [-0.1, -0.05) is 54.5 Å². The molecule has 0 radical (unpaired) electrons. The third-order valence-corrected chi connectivity index (χ3v) is 9.64. The number of unbranched alkanes of at least 4 members (excludes halogenated alkanes) is 2. The quantitative estimate of drug-likeness (QED) is 0.0501. The Hall–Kier alpha value is 4.03.